The second-order valence-corrected chi connectivity index (χ2v) is 7.20. The van der Waals surface area contributed by atoms with Gasteiger partial charge in [0.15, 0.2) is 5.16 Å². The maximum atomic E-state index is 13.3. The molecule has 0 atom stereocenters. The molecule has 1 heterocycles. The van der Waals surface area contributed by atoms with Crippen molar-refractivity contribution in [1.29, 1.82) is 0 Å². The summed E-state index contributed by atoms with van der Waals surface area (Å²) in [4.78, 5) is 40.7. The Morgan fingerprint density at radius 3 is 2.72 bits per heavy atom. The van der Waals surface area contributed by atoms with E-state index in [4.69, 9.17) is 10.5 Å². The second kappa shape index (κ2) is 8.78. The largest absolute Gasteiger partial charge is 0.495 e. The summed E-state index contributed by atoms with van der Waals surface area (Å²) in [5, 5.41) is 3.22. The van der Waals surface area contributed by atoms with Crippen molar-refractivity contribution in [2.45, 2.75) is 12.1 Å². The Bertz CT molecular complexity index is 1140. The molecule has 0 spiro atoms. The highest BCUT2D eigenvalue weighted by molar-refractivity contribution is 7.99. The first kappa shape index (κ1) is 20.4. The van der Waals surface area contributed by atoms with Crippen LogP contribution in [0.5, 0.6) is 5.75 Å². The zero-order chi connectivity index (χ0) is 21.0. The van der Waals surface area contributed by atoms with E-state index in [-0.39, 0.29) is 23.8 Å². The summed E-state index contributed by atoms with van der Waals surface area (Å²) in [5.41, 5.74) is 6.79. The van der Waals surface area contributed by atoms with Crippen LogP contribution in [0.1, 0.15) is 5.56 Å². The normalized spacial score (nSPS) is 10.7. The fourth-order valence-electron chi connectivity index (χ4n) is 2.76. The highest BCUT2D eigenvalue weighted by Gasteiger charge is 2.17. The van der Waals surface area contributed by atoms with Gasteiger partial charge in [-0.05, 0) is 36.8 Å². The van der Waals surface area contributed by atoms with Crippen molar-refractivity contribution in [3.63, 3.8) is 0 Å². The van der Waals surface area contributed by atoms with Gasteiger partial charge in [0, 0.05) is 0 Å². The monoisotopic (exact) mass is 412 g/mol. The molecule has 2 aromatic carbocycles. The molecule has 0 fully saturated rings. The molecule has 1 aromatic heterocycles. The quantitative estimate of drug-likeness (QED) is 0.448. The van der Waals surface area contributed by atoms with Gasteiger partial charge in [0.1, 0.15) is 5.75 Å². The van der Waals surface area contributed by atoms with Gasteiger partial charge in [0.2, 0.25) is 11.8 Å². The van der Waals surface area contributed by atoms with E-state index >= 15 is 0 Å². The summed E-state index contributed by atoms with van der Waals surface area (Å²) in [6.07, 6.45) is 0. The predicted molar refractivity (Wildman–Crippen MR) is 112 cm³/mol. The minimum atomic E-state index is -0.631. The summed E-state index contributed by atoms with van der Waals surface area (Å²) in [5.74, 6) is -0.547. The summed E-state index contributed by atoms with van der Waals surface area (Å²) in [6, 6.07) is 12.5. The molecule has 0 unspecified atom stereocenters. The lowest BCUT2D eigenvalue weighted by Crippen LogP contribution is -2.34. The van der Waals surface area contributed by atoms with Gasteiger partial charge in [0.25, 0.3) is 5.56 Å². The number of nitrogens with one attached hydrogen (secondary N) is 1. The summed E-state index contributed by atoms with van der Waals surface area (Å²) in [6.45, 7) is 1.66. The van der Waals surface area contributed by atoms with E-state index < -0.39 is 5.91 Å². The minimum Gasteiger partial charge on any atom is -0.495 e. The van der Waals surface area contributed by atoms with Gasteiger partial charge in [-0.15, -0.1) is 0 Å². The first-order chi connectivity index (χ1) is 13.9. The van der Waals surface area contributed by atoms with Crippen molar-refractivity contribution < 1.29 is 14.3 Å². The number of amides is 2. The average Bonchev–Trinajstić information content (AvgIpc) is 2.70. The summed E-state index contributed by atoms with van der Waals surface area (Å²) < 4.78 is 6.88. The molecule has 3 N–H and O–H groups in total. The summed E-state index contributed by atoms with van der Waals surface area (Å²) >= 11 is 1.09. The van der Waals surface area contributed by atoms with Gasteiger partial charge in [-0.25, -0.2) is 4.98 Å². The number of thioether (sulfide) groups is 1. The third kappa shape index (κ3) is 4.57. The van der Waals surface area contributed by atoms with Gasteiger partial charge in [0.05, 0.1) is 36.0 Å². The number of carbonyl (C=O) groups is 2. The Balaban J connectivity index is 2.10. The van der Waals surface area contributed by atoms with Crippen molar-refractivity contribution in [3.05, 3.63) is 58.4 Å². The topological polar surface area (TPSA) is 116 Å². The SMILES string of the molecule is COc1ccc(C)cc1-n1c(SCC(=O)NCC(N)=O)nc2ccccc2c1=O. The van der Waals surface area contributed by atoms with Gasteiger partial charge < -0.3 is 15.8 Å². The Kier molecular flexibility index (Phi) is 6.18. The fraction of sp³-hybridized carbons (Fsp3) is 0.200. The lowest BCUT2D eigenvalue weighted by atomic mass is 10.2. The third-order valence-electron chi connectivity index (χ3n) is 4.11. The zero-order valence-electron chi connectivity index (χ0n) is 16.0. The van der Waals surface area contributed by atoms with Crippen molar-refractivity contribution in [3.8, 4) is 11.4 Å². The number of primary amides is 1. The predicted octanol–water partition coefficient (Wildman–Crippen LogP) is 1.40. The first-order valence-electron chi connectivity index (χ1n) is 8.75. The van der Waals surface area contributed by atoms with Crippen LogP contribution in [0.25, 0.3) is 16.6 Å². The molecule has 2 amide bonds. The van der Waals surface area contributed by atoms with Gasteiger partial charge >= 0.3 is 0 Å². The minimum absolute atomic E-state index is 0.0355. The lowest BCUT2D eigenvalue weighted by Gasteiger charge is -2.16. The van der Waals surface area contributed by atoms with Crippen molar-refractivity contribution in [2.75, 3.05) is 19.4 Å². The number of aryl methyl sites for hydroxylation is 1. The summed E-state index contributed by atoms with van der Waals surface area (Å²) in [7, 11) is 1.53. The number of hydrogen-bond acceptors (Lipinski definition) is 6. The van der Waals surface area contributed by atoms with Crippen LogP contribution in [0.2, 0.25) is 0 Å². The molecule has 0 radical (unpaired) electrons. The smallest absolute Gasteiger partial charge is 0.266 e. The molecule has 29 heavy (non-hydrogen) atoms. The number of nitrogens with two attached hydrogens (primary N) is 1. The highest BCUT2D eigenvalue weighted by atomic mass is 32.2. The average molecular weight is 412 g/mol. The molecule has 0 aliphatic heterocycles. The first-order valence-corrected chi connectivity index (χ1v) is 9.74. The van der Waals surface area contributed by atoms with Crippen LogP contribution < -0.4 is 21.3 Å². The number of aromatic nitrogens is 2. The van der Waals surface area contributed by atoms with E-state index in [0.29, 0.717) is 27.5 Å². The number of hydrogen-bond donors (Lipinski definition) is 2. The molecule has 0 bridgehead atoms. The molecule has 3 rings (SSSR count). The zero-order valence-corrected chi connectivity index (χ0v) is 16.8. The van der Waals surface area contributed by atoms with Crippen LogP contribution in [0.4, 0.5) is 0 Å². The van der Waals surface area contributed by atoms with E-state index in [9.17, 15) is 14.4 Å². The Labute approximate surface area is 171 Å². The van der Waals surface area contributed by atoms with E-state index in [1.165, 1.54) is 11.7 Å². The molecule has 150 valence electrons. The number of nitrogens with zero attached hydrogens (tertiary/aromatic N) is 2. The number of ether oxygens (including phenoxy) is 1. The number of benzene rings is 2. The van der Waals surface area contributed by atoms with Crippen molar-refractivity contribution in [1.82, 2.24) is 14.9 Å². The lowest BCUT2D eigenvalue weighted by molar-refractivity contribution is -0.123. The highest BCUT2D eigenvalue weighted by Crippen LogP contribution is 2.28. The standard InChI is InChI=1S/C20H20N4O4S/c1-12-7-8-16(28-2)15(9-12)24-19(27)13-5-3-4-6-14(13)23-20(24)29-11-18(26)22-10-17(21)25/h3-9H,10-11H2,1-2H3,(H2,21,25)(H,22,26). The number of methoxy groups -OCH3 is 1. The van der Waals surface area contributed by atoms with Gasteiger partial charge in [-0.3, -0.25) is 19.0 Å². The van der Waals surface area contributed by atoms with Crippen LogP contribution in [0, 0.1) is 6.92 Å². The number of fused-ring (bicyclic) bond motifs is 1. The van der Waals surface area contributed by atoms with E-state index in [2.05, 4.69) is 10.3 Å². The molecule has 3 aromatic rings. The van der Waals surface area contributed by atoms with E-state index in [1.54, 1.807) is 30.3 Å². The van der Waals surface area contributed by atoms with Crippen LogP contribution in [-0.2, 0) is 9.59 Å². The molecular formula is C20H20N4O4S. The third-order valence-corrected chi connectivity index (χ3v) is 5.05. The van der Waals surface area contributed by atoms with E-state index in [0.717, 1.165) is 17.3 Å². The fourth-order valence-corrected chi connectivity index (χ4v) is 3.60. The van der Waals surface area contributed by atoms with Crippen molar-refractivity contribution in [2.24, 2.45) is 5.73 Å². The number of rotatable bonds is 7. The Morgan fingerprint density at radius 2 is 2.00 bits per heavy atom. The molecular weight excluding hydrogens is 392 g/mol. The molecule has 8 nitrogen and oxygen atoms in total. The Hall–Kier alpha value is -3.33. The molecule has 9 heteroatoms. The molecule has 0 saturated heterocycles. The maximum absolute atomic E-state index is 13.3. The van der Waals surface area contributed by atoms with Crippen molar-refractivity contribution >= 4 is 34.5 Å². The number of para-hydroxylation sites is 1. The van der Waals surface area contributed by atoms with Crippen LogP contribution in [0.15, 0.2) is 52.4 Å². The van der Waals surface area contributed by atoms with Crippen LogP contribution in [0.3, 0.4) is 0 Å². The van der Waals surface area contributed by atoms with Crippen LogP contribution >= 0.6 is 11.8 Å². The van der Waals surface area contributed by atoms with Gasteiger partial charge in [-0.2, -0.15) is 0 Å². The Morgan fingerprint density at radius 1 is 1.24 bits per heavy atom. The number of carbonyl (C=O) groups excluding carboxylic acids is 2. The molecule has 0 aliphatic rings. The maximum Gasteiger partial charge on any atom is 0.266 e. The molecule has 0 saturated carbocycles. The van der Waals surface area contributed by atoms with Crippen LogP contribution in [-0.4, -0.2) is 40.8 Å². The van der Waals surface area contributed by atoms with E-state index in [1.807, 2.05) is 19.1 Å². The second-order valence-electron chi connectivity index (χ2n) is 6.26. The molecule has 0 aliphatic carbocycles. The van der Waals surface area contributed by atoms with Gasteiger partial charge in [-0.1, -0.05) is 30.0 Å².